The molecule has 0 radical (unpaired) electrons. The molecule has 62 heavy (non-hydrogen) atoms. The van der Waals surface area contributed by atoms with E-state index >= 15 is 0 Å². The lowest BCUT2D eigenvalue weighted by Gasteiger charge is -2.41. The number of Topliss-reactive ketones (excluding diaryl/α,β-unsaturated/α-hetero) is 1. The van der Waals surface area contributed by atoms with Crippen LogP contribution < -0.4 is 24.6 Å². The van der Waals surface area contributed by atoms with E-state index < -0.39 is 32.7 Å². The SMILES string of the molecule is [C-]#[N+]c1cc(S(C)(=O)=O)ccc1OCC1(CN(C(=O)OC(C)(C)c2ccccc2)c2ccc(N(CC)CC)cc2)C=C(NCOCOc2ccc(C)cc2C)C(=O)C(Cl)=C1CC. The highest BCUT2D eigenvalue weighted by Gasteiger charge is 2.44. The lowest BCUT2D eigenvalue weighted by Crippen LogP contribution is -2.49. The first-order chi connectivity index (χ1) is 29.5. The van der Waals surface area contributed by atoms with Crippen molar-refractivity contribution in [3.8, 4) is 11.5 Å². The van der Waals surface area contributed by atoms with Crippen LogP contribution in [0.3, 0.4) is 0 Å². The van der Waals surface area contributed by atoms with Gasteiger partial charge in [0.1, 0.15) is 30.4 Å². The molecule has 0 aromatic heterocycles. The van der Waals surface area contributed by atoms with Crippen LogP contribution in [0.4, 0.5) is 21.9 Å². The van der Waals surface area contributed by atoms with Gasteiger partial charge in [-0.3, -0.25) is 9.69 Å². The second kappa shape index (κ2) is 20.4. The van der Waals surface area contributed by atoms with E-state index in [1.807, 2.05) is 107 Å². The van der Waals surface area contributed by atoms with E-state index in [1.54, 1.807) is 6.08 Å². The Balaban J connectivity index is 1.59. The Hall–Kier alpha value is -5.81. The Morgan fingerprint density at radius 2 is 1.56 bits per heavy atom. The van der Waals surface area contributed by atoms with E-state index in [1.165, 1.54) is 23.1 Å². The van der Waals surface area contributed by atoms with Crippen molar-refractivity contribution < 1.29 is 37.0 Å². The van der Waals surface area contributed by atoms with Gasteiger partial charge in [0.25, 0.3) is 0 Å². The minimum Gasteiger partial charge on any atom is -0.503 e. The number of nitrogens with zero attached hydrogens (tertiary/aromatic N) is 3. The van der Waals surface area contributed by atoms with Crippen molar-refractivity contribution in [2.24, 2.45) is 5.41 Å². The number of rotatable bonds is 19. The number of carbonyl (C=O) groups excluding carboxylic acids is 2. The van der Waals surface area contributed by atoms with Gasteiger partial charge >= 0.3 is 6.09 Å². The number of amides is 1. The molecule has 328 valence electrons. The number of hydrogen-bond acceptors (Lipinski definition) is 10. The maximum Gasteiger partial charge on any atom is 0.415 e. The quantitative estimate of drug-likeness (QED) is 0.0552. The van der Waals surface area contributed by atoms with Crippen molar-refractivity contribution in [2.75, 3.05) is 55.8 Å². The summed E-state index contributed by atoms with van der Waals surface area (Å²) in [6.45, 7) is 22.4. The van der Waals surface area contributed by atoms with Gasteiger partial charge in [-0.1, -0.05) is 66.6 Å². The summed E-state index contributed by atoms with van der Waals surface area (Å²) in [5.41, 5.74) is 2.45. The lowest BCUT2D eigenvalue weighted by molar-refractivity contribution is -0.112. The molecule has 4 aromatic carbocycles. The Morgan fingerprint density at radius 3 is 2.18 bits per heavy atom. The van der Waals surface area contributed by atoms with Crippen molar-refractivity contribution in [3.05, 3.63) is 141 Å². The van der Waals surface area contributed by atoms with E-state index in [9.17, 15) is 18.0 Å². The fraction of sp³-hybridized carbons (Fsp3) is 0.354. The van der Waals surface area contributed by atoms with Gasteiger partial charge in [0.15, 0.2) is 16.6 Å². The Labute approximate surface area is 370 Å². The predicted molar refractivity (Wildman–Crippen MR) is 244 cm³/mol. The fourth-order valence-corrected chi connectivity index (χ4v) is 8.45. The van der Waals surface area contributed by atoms with E-state index in [2.05, 4.69) is 28.9 Å². The third kappa shape index (κ3) is 11.2. The van der Waals surface area contributed by atoms with Gasteiger partial charge in [-0.15, -0.1) is 0 Å². The molecule has 0 saturated heterocycles. The highest BCUT2D eigenvalue weighted by atomic mass is 35.5. The molecular weight excluding hydrogens is 828 g/mol. The van der Waals surface area contributed by atoms with E-state index in [-0.39, 0.29) is 60.2 Å². The first-order valence-corrected chi connectivity index (χ1v) is 22.7. The van der Waals surface area contributed by atoms with Crippen molar-refractivity contribution in [1.29, 1.82) is 0 Å². The van der Waals surface area contributed by atoms with Gasteiger partial charge in [0.2, 0.25) is 11.5 Å². The monoisotopic (exact) mass is 882 g/mol. The Morgan fingerprint density at radius 1 is 0.903 bits per heavy atom. The summed E-state index contributed by atoms with van der Waals surface area (Å²) in [4.78, 5) is 36.0. The number of anilines is 2. The van der Waals surface area contributed by atoms with E-state index in [0.29, 0.717) is 17.0 Å². The molecular formula is C48H55ClN4O8S. The molecule has 1 aliphatic rings. The third-order valence-electron chi connectivity index (χ3n) is 10.8. The van der Waals surface area contributed by atoms with Crippen LogP contribution in [0.15, 0.2) is 118 Å². The van der Waals surface area contributed by atoms with Crippen LogP contribution in [0.1, 0.15) is 57.7 Å². The van der Waals surface area contributed by atoms with Crippen LogP contribution in [-0.4, -0.2) is 66.3 Å². The average Bonchev–Trinajstić information content (AvgIpc) is 3.25. The zero-order chi connectivity index (χ0) is 45.2. The van der Waals surface area contributed by atoms with Gasteiger partial charge in [-0.05, 0) is 119 Å². The van der Waals surface area contributed by atoms with Crippen LogP contribution in [0.2, 0.25) is 0 Å². The number of halogens is 1. The fourth-order valence-electron chi connectivity index (χ4n) is 7.38. The topological polar surface area (TPSA) is 128 Å². The molecule has 0 fully saturated rings. The summed E-state index contributed by atoms with van der Waals surface area (Å²) in [6.07, 6.45) is 2.35. The number of benzene rings is 4. The Bertz CT molecular complexity index is 2460. The first kappa shape index (κ1) is 47.2. The summed E-state index contributed by atoms with van der Waals surface area (Å²) < 4.78 is 49.2. The lowest BCUT2D eigenvalue weighted by atomic mass is 9.74. The van der Waals surface area contributed by atoms with Crippen molar-refractivity contribution in [1.82, 2.24) is 5.32 Å². The number of aryl methyl sites for hydroxylation is 2. The number of allylic oxidation sites excluding steroid dienone is 1. The van der Waals surface area contributed by atoms with Crippen LogP contribution in [0, 0.1) is 25.8 Å². The van der Waals surface area contributed by atoms with Gasteiger partial charge in [0, 0.05) is 37.3 Å². The number of ether oxygens (including phenoxy) is 4. The number of carbonyl (C=O) groups is 2. The molecule has 1 aliphatic carbocycles. The molecule has 1 unspecified atom stereocenters. The summed E-state index contributed by atoms with van der Waals surface area (Å²) >= 11 is 7.03. The zero-order valence-electron chi connectivity index (χ0n) is 36.6. The molecule has 14 heteroatoms. The molecule has 1 amide bonds. The van der Waals surface area contributed by atoms with Crippen LogP contribution in [0.25, 0.3) is 4.85 Å². The van der Waals surface area contributed by atoms with Crippen molar-refractivity contribution in [3.63, 3.8) is 0 Å². The minimum atomic E-state index is -3.63. The maximum absolute atomic E-state index is 14.8. The Kier molecular flexibility index (Phi) is 15.5. The largest absolute Gasteiger partial charge is 0.503 e. The molecule has 4 aromatic rings. The summed E-state index contributed by atoms with van der Waals surface area (Å²) in [5.74, 6) is 0.280. The third-order valence-corrected chi connectivity index (χ3v) is 12.3. The summed E-state index contributed by atoms with van der Waals surface area (Å²) in [6, 6.07) is 26.8. The van der Waals surface area contributed by atoms with E-state index in [4.69, 9.17) is 37.1 Å². The molecule has 0 heterocycles. The average molecular weight is 884 g/mol. The molecule has 1 atom stereocenters. The smallest absolute Gasteiger partial charge is 0.415 e. The summed E-state index contributed by atoms with van der Waals surface area (Å²) in [7, 11) is -3.63. The second-order valence-electron chi connectivity index (χ2n) is 15.6. The predicted octanol–water partition coefficient (Wildman–Crippen LogP) is 10.0. The number of ketones is 1. The molecule has 12 nitrogen and oxygen atoms in total. The normalized spacial score (nSPS) is 15.4. The van der Waals surface area contributed by atoms with Gasteiger partial charge < -0.3 is 29.2 Å². The molecule has 0 saturated carbocycles. The molecule has 5 rings (SSSR count). The highest BCUT2D eigenvalue weighted by Crippen LogP contribution is 2.44. The number of hydrogen-bond donors (Lipinski definition) is 1. The van der Waals surface area contributed by atoms with Crippen molar-refractivity contribution in [2.45, 2.75) is 65.4 Å². The maximum atomic E-state index is 14.8. The minimum absolute atomic E-state index is 0.0319. The molecule has 0 aliphatic heterocycles. The van der Waals surface area contributed by atoms with Gasteiger partial charge in [-0.25, -0.2) is 18.1 Å². The molecule has 1 N–H and O–H groups in total. The van der Waals surface area contributed by atoms with Crippen LogP contribution >= 0.6 is 11.6 Å². The molecule has 0 bridgehead atoms. The standard InChI is InChI=1S/C48H55ClN4O8S/c1-10-39-44(49)45(54)41(51-31-58-32-60-42-24-18-33(4)26-34(42)5)28-48(39,30-59-43-25-23-38(62(9,56)57)27-40(43)50-8)29-53(37-21-19-36(20-22-37)52(11-2)12-3)46(55)61-47(6,7)35-16-14-13-15-17-35/h13-28,51H,10-12,29-32H2,1-7,9H3. The summed E-state index contributed by atoms with van der Waals surface area (Å²) in [5, 5.41) is 3.00. The van der Waals surface area contributed by atoms with Crippen LogP contribution in [-0.2, 0) is 29.7 Å². The van der Waals surface area contributed by atoms with E-state index in [0.717, 1.165) is 41.7 Å². The van der Waals surface area contributed by atoms with Crippen molar-refractivity contribution >= 4 is 50.4 Å². The number of nitrogens with one attached hydrogen (secondary N) is 1. The zero-order valence-corrected chi connectivity index (χ0v) is 38.2. The number of sulfone groups is 1. The second-order valence-corrected chi connectivity index (χ2v) is 18.0. The highest BCUT2D eigenvalue weighted by molar-refractivity contribution is 7.90. The molecule has 0 spiro atoms. The van der Waals surface area contributed by atoms with Gasteiger partial charge in [-0.2, -0.15) is 0 Å². The first-order valence-electron chi connectivity index (χ1n) is 20.4. The van der Waals surface area contributed by atoms with Crippen LogP contribution in [0.5, 0.6) is 11.5 Å². The van der Waals surface area contributed by atoms with Gasteiger partial charge in [0.05, 0.1) is 27.6 Å².